The summed E-state index contributed by atoms with van der Waals surface area (Å²) in [7, 11) is 0. The van der Waals surface area contributed by atoms with E-state index in [2.05, 4.69) is 0 Å². The van der Waals surface area contributed by atoms with Crippen molar-refractivity contribution in [3.05, 3.63) is 24.2 Å². The number of aliphatic carboxylic acids is 1. The van der Waals surface area contributed by atoms with E-state index in [0.29, 0.717) is 12.3 Å². The van der Waals surface area contributed by atoms with Crippen LogP contribution >= 0.6 is 0 Å². The topological polar surface area (TPSA) is 70.8 Å². The van der Waals surface area contributed by atoms with E-state index in [1.165, 1.54) is 0 Å². The van der Waals surface area contributed by atoms with Crippen molar-refractivity contribution in [1.82, 2.24) is 4.90 Å². The molecule has 1 aromatic heterocycles. The number of nitrogens with zero attached hydrogens (tertiary/aromatic N) is 1. The average molecular weight is 251 g/mol. The molecule has 0 spiro atoms. The number of hydrogen-bond acceptors (Lipinski definition) is 3. The predicted molar refractivity (Wildman–Crippen MR) is 63.6 cm³/mol. The molecule has 2 rings (SSSR count). The molecule has 1 aliphatic heterocycles. The van der Waals surface area contributed by atoms with Gasteiger partial charge < -0.3 is 14.4 Å². The van der Waals surface area contributed by atoms with E-state index in [1.54, 1.807) is 30.2 Å². The van der Waals surface area contributed by atoms with Crippen LogP contribution in [0.5, 0.6) is 0 Å². The maximum atomic E-state index is 12.0. The molecule has 3 atom stereocenters. The van der Waals surface area contributed by atoms with Crippen LogP contribution in [-0.2, 0) is 16.1 Å². The van der Waals surface area contributed by atoms with Gasteiger partial charge in [0.1, 0.15) is 5.76 Å². The third-order valence-corrected chi connectivity index (χ3v) is 3.63. The van der Waals surface area contributed by atoms with E-state index in [4.69, 9.17) is 4.42 Å². The van der Waals surface area contributed by atoms with Gasteiger partial charge >= 0.3 is 5.97 Å². The monoisotopic (exact) mass is 251 g/mol. The molecule has 5 nitrogen and oxygen atoms in total. The Bertz CT molecular complexity index is 440. The smallest absolute Gasteiger partial charge is 0.308 e. The molecule has 1 amide bonds. The van der Waals surface area contributed by atoms with Gasteiger partial charge in [-0.3, -0.25) is 9.59 Å². The van der Waals surface area contributed by atoms with Gasteiger partial charge in [0.25, 0.3) is 0 Å². The third-order valence-electron chi connectivity index (χ3n) is 3.63. The first-order chi connectivity index (χ1) is 8.50. The van der Waals surface area contributed by atoms with Crippen LogP contribution < -0.4 is 0 Å². The molecule has 1 N–H and O–H groups in total. The number of amides is 1. The Kier molecular flexibility index (Phi) is 3.41. The molecule has 2 heterocycles. The van der Waals surface area contributed by atoms with E-state index < -0.39 is 11.9 Å². The van der Waals surface area contributed by atoms with E-state index in [0.717, 1.165) is 0 Å². The Morgan fingerprint density at radius 2 is 2.28 bits per heavy atom. The van der Waals surface area contributed by atoms with Crippen molar-refractivity contribution < 1.29 is 19.1 Å². The van der Waals surface area contributed by atoms with Gasteiger partial charge in [-0.25, -0.2) is 0 Å². The van der Waals surface area contributed by atoms with E-state index in [1.807, 2.05) is 6.92 Å². The highest BCUT2D eigenvalue weighted by atomic mass is 16.4. The summed E-state index contributed by atoms with van der Waals surface area (Å²) < 4.78 is 5.21. The van der Waals surface area contributed by atoms with Crippen molar-refractivity contribution in [3.63, 3.8) is 0 Å². The molecular formula is C13H17NO4. The largest absolute Gasteiger partial charge is 0.481 e. The summed E-state index contributed by atoms with van der Waals surface area (Å²) >= 11 is 0. The number of rotatable bonds is 3. The number of carbonyl (C=O) groups excluding carboxylic acids is 1. The summed E-state index contributed by atoms with van der Waals surface area (Å²) in [5, 5.41) is 9.25. The lowest BCUT2D eigenvalue weighted by atomic mass is 9.81. The van der Waals surface area contributed by atoms with Crippen molar-refractivity contribution in [3.8, 4) is 0 Å². The van der Waals surface area contributed by atoms with Crippen molar-refractivity contribution >= 4 is 11.9 Å². The summed E-state index contributed by atoms with van der Waals surface area (Å²) in [5.41, 5.74) is 0. The lowest BCUT2D eigenvalue weighted by Crippen LogP contribution is -2.52. The molecule has 18 heavy (non-hydrogen) atoms. The van der Waals surface area contributed by atoms with Crippen LogP contribution in [0.25, 0.3) is 0 Å². The van der Waals surface area contributed by atoms with Crippen molar-refractivity contribution in [1.29, 1.82) is 0 Å². The molecular weight excluding hydrogens is 234 g/mol. The molecule has 0 aliphatic carbocycles. The molecule has 1 fully saturated rings. The fraction of sp³-hybridized carbons (Fsp3) is 0.538. The zero-order valence-electron chi connectivity index (χ0n) is 10.5. The number of hydrogen-bond donors (Lipinski definition) is 1. The zero-order valence-corrected chi connectivity index (χ0v) is 10.5. The lowest BCUT2D eigenvalue weighted by molar-refractivity contribution is -0.155. The molecule has 1 aliphatic rings. The van der Waals surface area contributed by atoms with E-state index >= 15 is 0 Å². The maximum Gasteiger partial charge on any atom is 0.308 e. The molecule has 5 heteroatoms. The Balaban J connectivity index is 2.18. The minimum atomic E-state index is -0.841. The van der Waals surface area contributed by atoms with Gasteiger partial charge in [-0.1, -0.05) is 6.92 Å². The zero-order chi connectivity index (χ0) is 13.3. The Labute approximate surface area is 105 Å². The van der Waals surface area contributed by atoms with Crippen molar-refractivity contribution in [2.24, 2.45) is 11.8 Å². The Morgan fingerprint density at radius 3 is 2.83 bits per heavy atom. The number of carboxylic acids is 1. The van der Waals surface area contributed by atoms with Crippen molar-refractivity contribution in [2.75, 3.05) is 0 Å². The van der Waals surface area contributed by atoms with E-state index in [-0.39, 0.29) is 24.3 Å². The normalized spacial score (nSPS) is 28.4. The van der Waals surface area contributed by atoms with Crippen molar-refractivity contribution in [2.45, 2.75) is 32.9 Å². The number of carboxylic acid groups (broad SMARTS) is 1. The molecule has 1 aromatic rings. The highest BCUT2D eigenvalue weighted by Crippen LogP contribution is 2.31. The van der Waals surface area contributed by atoms with Gasteiger partial charge in [0.2, 0.25) is 5.91 Å². The van der Waals surface area contributed by atoms with Gasteiger partial charge in [0.05, 0.1) is 18.7 Å². The predicted octanol–water partition coefficient (Wildman–Crippen LogP) is 1.74. The Hall–Kier alpha value is -1.78. The van der Waals surface area contributed by atoms with Crippen LogP contribution in [0.4, 0.5) is 0 Å². The standard InChI is InChI=1S/C13H17NO4/c1-8-6-11(15)14(7-10-4-3-5-18-10)9(2)12(8)13(16)17/h3-5,8-9,12H,6-7H2,1-2H3,(H,16,17). The third kappa shape index (κ3) is 2.25. The fourth-order valence-electron chi connectivity index (χ4n) is 2.67. The van der Waals surface area contributed by atoms with Crippen LogP contribution in [0.3, 0.4) is 0 Å². The molecule has 3 unspecified atom stereocenters. The molecule has 1 saturated heterocycles. The highest BCUT2D eigenvalue weighted by Gasteiger charge is 2.41. The summed E-state index contributed by atoms with van der Waals surface area (Å²) in [4.78, 5) is 24.9. The molecule has 0 saturated carbocycles. The van der Waals surface area contributed by atoms with E-state index in [9.17, 15) is 14.7 Å². The number of piperidine rings is 1. The second-order valence-electron chi connectivity index (χ2n) is 4.89. The summed E-state index contributed by atoms with van der Waals surface area (Å²) in [6.45, 7) is 3.94. The minimum Gasteiger partial charge on any atom is -0.481 e. The number of furan rings is 1. The second kappa shape index (κ2) is 4.84. The Morgan fingerprint density at radius 1 is 1.56 bits per heavy atom. The molecule has 0 aromatic carbocycles. The van der Waals surface area contributed by atoms with Crippen LogP contribution in [0, 0.1) is 11.8 Å². The average Bonchev–Trinajstić information content (AvgIpc) is 2.75. The number of likely N-dealkylation sites (tertiary alicyclic amines) is 1. The first-order valence-corrected chi connectivity index (χ1v) is 6.05. The maximum absolute atomic E-state index is 12.0. The first-order valence-electron chi connectivity index (χ1n) is 6.05. The number of carbonyl (C=O) groups is 2. The summed E-state index contributed by atoms with van der Waals surface area (Å²) in [6, 6.07) is 3.23. The van der Waals surface area contributed by atoms with Gasteiger partial charge in [-0.2, -0.15) is 0 Å². The fourth-order valence-corrected chi connectivity index (χ4v) is 2.67. The summed E-state index contributed by atoms with van der Waals surface area (Å²) in [6.07, 6.45) is 1.83. The van der Waals surface area contributed by atoms with Gasteiger partial charge in [-0.05, 0) is 25.0 Å². The van der Waals surface area contributed by atoms with Crippen LogP contribution in [0.15, 0.2) is 22.8 Å². The van der Waals surface area contributed by atoms with Crippen LogP contribution in [-0.4, -0.2) is 27.9 Å². The lowest BCUT2D eigenvalue weighted by Gasteiger charge is -2.40. The SMILES string of the molecule is CC1CC(=O)N(Cc2ccco2)C(C)C1C(=O)O. The summed E-state index contributed by atoms with van der Waals surface area (Å²) in [5.74, 6) is -0.819. The molecule has 0 bridgehead atoms. The van der Waals surface area contributed by atoms with Crippen LogP contribution in [0.2, 0.25) is 0 Å². The van der Waals surface area contributed by atoms with Gasteiger partial charge in [-0.15, -0.1) is 0 Å². The highest BCUT2D eigenvalue weighted by molar-refractivity contribution is 5.81. The first kappa shape index (κ1) is 12.7. The molecule has 98 valence electrons. The quantitative estimate of drug-likeness (QED) is 0.888. The van der Waals surface area contributed by atoms with Gasteiger partial charge in [0, 0.05) is 12.5 Å². The van der Waals surface area contributed by atoms with Crippen LogP contribution in [0.1, 0.15) is 26.0 Å². The van der Waals surface area contributed by atoms with Gasteiger partial charge in [0.15, 0.2) is 0 Å². The minimum absolute atomic E-state index is 0.0103. The second-order valence-corrected chi connectivity index (χ2v) is 4.89. The molecule has 0 radical (unpaired) electrons.